The molecule has 29 heavy (non-hydrogen) atoms. The largest absolute Gasteiger partial charge is 0.496 e. The second-order valence-electron chi connectivity index (χ2n) is 7.19. The first-order valence-electron chi connectivity index (χ1n) is 9.59. The summed E-state index contributed by atoms with van der Waals surface area (Å²) in [6.45, 7) is 3.02. The van der Waals surface area contributed by atoms with Crippen molar-refractivity contribution >= 4 is 11.6 Å². The van der Waals surface area contributed by atoms with Crippen molar-refractivity contribution in [1.82, 2.24) is 14.8 Å². The van der Waals surface area contributed by atoms with Crippen molar-refractivity contribution in [1.29, 1.82) is 0 Å². The molecule has 1 aliphatic heterocycles. The first-order chi connectivity index (χ1) is 14.1. The van der Waals surface area contributed by atoms with E-state index in [1.165, 1.54) is 0 Å². The summed E-state index contributed by atoms with van der Waals surface area (Å²) in [5, 5.41) is 10.9. The molecule has 0 atom stereocenters. The standard InChI is InChI=1S/C21H24N4O4/c1-15-23-24-20(29-15)17-13-16(5-6-18(17)27-2)22-19(26)14-21(7-11-28-12-8-21)25-9-3-4-10-25/h3-6,9-10,13H,7-8,11-12,14H2,1-2H3,(H,22,26). The maximum absolute atomic E-state index is 12.9. The van der Waals surface area contributed by atoms with E-state index >= 15 is 0 Å². The van der Waals surface area contributed by atoms with Gasteiger partial charge in [-0.15, -0.1) is 10.2 Å². The lowest BCUT2D eigenvalue weighted by molar-refractivity contribution is -0.119. The third kappa shape index (κ3) is 4.02. The summed E-state index contributed by atoms with van der Waals surface area (Å²) >= 11 is 0. The maximum atomic E-state index is 12.9. The summed E-state index contributed by atoms with van der Waals surface area (Å²) in [5.74, 6) is 1.35. The van der Waals surface area contributed by atoms with Gasteiger partial charge in [0.25, 0.3) is 5.89 Å². The van der Waals surface area contributed by atoms with Crippen molar-refractivity contribution in [3.05, 3.63) is 48.6 Å². The number of rotatable bonds is 6. The minimum Gasteiger partial charge on any atom is -0.496 e. The summed E-state index contributed by atoms with van der Waals surface area (Å²) < 4.78 is 18.6. The van der Waals surface area contributed by atoms with Crippen molar-refractivity contribution in [2.45, 2.75) is 31.7 Å². The number of amides is 1. The van der Waals surface area contributed by atoms with E-state index in [9.17, 15) is 4.79 Å². The first-order valence-corrected chi connectivity index (χ1v) is 9.59. The Morgan fingerprint density at radius 3 is 2.66 bits per heavy atom. The van der Waals surface area contributed by atoms with Gasteiger partial charge < -0.3 is 23.8 Å². The lowest BCUT2D eigenvalue weighted by Crippen LogP contribution is -2.42. The fraction of sp³-hybridized carbons (Fsp3) is 0.381. The number of hydrogen-bond donors (Lipinski definition) is 1. The van der Waals surface area contributed by atoms with Crippen LogP contribution in [0.3, 0.4) is 0 Å². The van der Waals surface area contributed by atoms with E-state index in [0.29, 0.717) is 48.4 Å². The van der Waals surface area contributed by atoms with Crippen LogP contribution in [0.1, 0.15) is 25.2 Å². The Hall–Kier alpha value is -3.13. The Morgan fingerprint density at radius 2 is 2.00 bits per heavy atom. The molecule has 1 fully saturated rings. The molecule has 4 rings (SSSR count). The molecule has 0 unspecified atom stereocenters. The molecule has 3 aromatic rings. The minimum atomic E-state index is -0.273. The lowest BCUT2D eigenvalue weighted by Gasteiger charge is -2.38. The molecule has 0 bridgehead atoms. The number of carbonyl (C=O) groups is 1. The van der Waals surface area contributed by atoms with Crippen molar-refractivity contribution < 1.29 is 18.7 Å². The Morgan fingerprint density at radius 1 is 1.24 bits per heavy atom. The molecule has 1 amide bonds. The van der Waals surface area contributed by atoms with Gasteiger partial charge in [0.15, 0.2) is 0 Å². The third-order valence-electron chi connectivity index (χ3n) is 5.30. The molecule has 1 aliphatic rings. The van der Waals surface area contributed by atoms with E-state index in [-0.39, 0.29) is 11.4 Å². The highest BCUT2D eigenvalue weighted by Gasteiger charge is 2.36. The van der Waals surface area contributed by atoms with Gasteiger partial charge >= 0.3 is 0 Å². The van der Waals surface area contributed by atoms with E-state index < -0.39 is 0 Å². The summed E-state index contributed by atoms with van der Waals surface area (Å²) in [4.78, 5) is 12.9. The number of aryl methyl sites for hydroxylation is 1. The zero-order valence-electron chi connectivity index (χ0n) is 16.6. The van der Waals surface area contributed by atoms with Crippen LogP contribution in [0.4, 0.5) is 5.69 Å². The predicted octanol–water partition coefficient (Wildman–Crippen LogP) is 3.39. The lowest BCUT2D eigenvalue weighted by atomic mass is 9.86. The average molecular weight is 396 g/mol. The fourth-order valence-corrected chi connectivity index (χ4v) is 3.79. The number of aromatic nitrogens is 3. The monoisotopic (exact) mass is 396 g/mol. The molecule has 0 radical (unpaired) electrons. The topological polar surface area (TPSA) is 91.4 Å². The van der Waals surface area contributed by atoms with Gasteiger partial charge in [-0.3, -0.25) is 4.79 Å². The molecule has 8 nitrogen and oxygen atoms in total. The fourth-order valence-electron chi connectivity index (χ4n) is 3.79. The minimum absolute atomic E-state index is 0.0570. The second-order valence-corrected chi connectivity index (χ2v) is 7.19. The van der Waals surface area contributed by atoms with Gasteiger partial charge in [-0.25, -0.2) is 0 Å². The van der Waals surface area contributed by atoms with Crippen LogP contribution in [0.25, 0.3) is 11.5 Å². The van der Waals surface area contributed by atoms with E-state index in [0.717, 1.165) is 12.8 Å². The van der Waals surface area contributed by atoms with E-state index in [1.54, 1.807) is 32.2 Å². The number of nitrogens with one attached hydrogen (secondary N) is 1. The zero-order valence-corrected chi connectivity index (χ0v) is 16.6. The molecule has 8 heteroatoms. The van der Waals surface area contributed by atoms with Crippen LogP contribution < -0.4 is 10.1 Å². The first kappa shape index (κ1) is 19.2. The van der Waals surface area contributed by atoms with Crippen LogP contribution in [0.5, 0.6) is 5.75 Å². The van der Waals surface area contributed by atoms with Crippen molar-refractivity contribution in [3.8, 4) is 17.2 Å². The highest BCUT2D eigenvalue weighted by atomic mass is 16.5. The molecule has 1 aromatic carbocycles. The van der Waals surface area contributed by atoms with Gasteiger partial charge in [-0.2, -0.15) is 0 Å². The molecule has 1 N–H and O–H groups in total. The van der Waals surface area contributed by atoms with Crippen LogP contribution in [-0.4, -0.2) is 41.0 Å². The molecule has 1 saturated heterocycles. The molecular weight excluding hydrogens is 372 g/mol. The normalized spacial score (nSPS) is 15.8. The molecular formula is C21H24N4O4. The van der Waals surface area contributed by atoms with Crippen LogP contribution in [0, 0.1) is 6.92 Å². The van der Waals surface area contributed by atoms with Gasteiger partial charge in [0, 0.05) is 38.2 Å². The Bertz CT molecular complexity index is 974. The third-order valence-corrected chi connectivity index (χ3v) is 5.30. The highest BCUT2D eigenvalue weighted by molar-refractivity contribution is 5.92. The molecule has 0 saturated carbocycles. The molecule has 152 valence electrons. The van der Waals surface area contributed by atoms with Gasteiger partial charge in [-0.1, -0.05) is 0 Å². The van der Waals surface area contributed by atoms with Gasteiger partial charge in [0.05, 0.1) is 24.6 Å². The van der Waals surface area contributed by atoms with Crippen LogP contribution >= 0.6 is 0 Å². The number of anilines is 1. The molecule has 2 aromatic heterocycles. The quantitative estimate of drug-likeness (QED) is 0.687. The Balaban J connectivity index is 1.55. The average Bonchev–Trinajstić information content (AvgIpc) is 3.41. The van der Waals surface area contributed by atoms with E-state index in [2.05, 4.69) is 20.1 Å². The van der Waals surface area contributed by atoms with Crippen molar-refractivity contribution in [2.24, 2.45) is 0 Å². The van der Waals surface area contributed by atoms with Crippen molar-refractivity contribution in [2.75, 3.05) is 25.6 Å². The highest BCUT2D eigenvalue weighted by Crippen LogP contribution is 2.35. The zero-order chi connectivity index (χ0) is 20.3. The Kier molecular flexibility index (Phi) is 5.35. The van der Waals surface area contributed by atoms with Gasteiger partial charge in [-0.05, 0) is 43.2 Å². The summed E-state index contributed by atoms with van der Waals surface area (Å²) in [7, 11) is 1.58. The van der Waals surface area contributed by atoms with E-state index in [4.69, 9.17) is 13.9 Å². The molecule has 3 heterocycles. The Labute approximate surface area is 168 Å². The number of nitrogens with zero attached hydrogens (tertiary/aromatic N) is 3. The van der Waals surface area contributed by atoms with Gasteiger partial charge in [0.2, 0.25) is 11.8 Å². The van der Waals surface area contributed by atoms with Crippen LogP contribution in [0.15, 0.2) is 47.1 Å². The van der Waals surface area contributed by atoms with Gasteiger partial charge in [0.1, 0.15) is 5.75 Å². The van der Waals surface area contributed by atoms with E-state index in [1.807, 2.05) is 24.5 Å². The van der Waals surface area contributed by atoms with Crippen LogP contribution in [-0.2, 0) is 15.1 Å². The number of hydrogen-bond acceptors (Lipinski definition) is 6. The number of benzene rings is 1. The predicted molar refractivity (Wildman–Crippen MR) is 107 cm³/mol. The van der Waals surface area contributed by atoms with Crippen LogP contribution in [0.2, 0.25) is 0 Å². The number of carbonyl (C=O) groups excluding carboxylic acids is 1. The maximum Gasteiger partial charge on any atom is 0.251 e. The second kappa shape index (κ2) is 8.08. The number of methoxy groups -OCH3 is 1. The summed E-state index contributed by atoms with van der Waals surface area (Å²) in [6.07, 6.45) is 5.99. The summed E-state index contributed by atoms with van der Waals surface area (Å²) in [5.41, 5.74) is 1.01. The SMILES string of the molecule is COc1ccc(NC(=O)CC2(n3cccc3)CCOCC2)cc1-c1nnc(C)o1. The smallest absolute Gasteiger partial charge is 0.251 e. The summed E-state index contributed by atoms with van der Waals surface area (Å²) in [6, 6.07) is 9.33. The molecule has 0 spiro atoms. The number of ether oxygens (including phenoxy) is 2. The molecule has 0 aliphatic carbocycles. The van der Waals surface area contributed by atoms with Crippen molar-refractivity contribution in [3.63, 3.8) is 0 Å².